The third-order valence-corrected chi connectivity index (χ3v) is 4.71. The largest absolute Gasteiger partial charge is 0.456 e. The highest BCUT2D eigenvalue weighted by Crippen LogP contribution is 2.30. The molecule has 0 atom stereocenters. The first-order valence-corrected chi connectivity index (χ1v) is 8.79. The number of hydrogen-bond acceptors (Lipinski definition) is 4. The van der Waals surface area contributed by atoms with Crippen molar-refractivity contribution in [2.75, 3.05) is 5.32 Å². The highest BCUT2D eigenvalue weighted by atomic mass is 16.3. The second-order valence-electron chi connectivity index (χ2n) is 6.37. The Morgan fingerprint density at radius 1 is 1.04 bits per heavy atom. The fourth-order valence-corrected chi connectivity index (χ4v) is 3.35. The molecule has 5 aromatic rings. The number of para-hydroxylation sites is 1. The summed E-state index contributed by atoms with van der Waals surface area (Å²) in [5.74, 6) is -0.185. The SMILES string of the molecule is CCn1nnc2cc(C(=O)Nc3ccc4oc5ccccc5c4c3)ccc21. The molecule has 6 heteroatoms. The van der Waals surface area contributed by atoms with E-state index in [2.05, 4.69) is 15.6 Å². The number of benzene rings is 3. The van der Waals surface area contributed by atoms with Gasteiger partial charge in [-0.2, -0.15) is 0 Å². The number of rotatable bonds is 3. The highest BCUT2D eigenvalue weighted by molar-refractivity contribution is 6.09. The monoisotopic (exact) mass is 356 g/mol. The van der Waals surface area contributed by atoms with Crippen LogP contribution in [0, 0.1) is 0 Å². The van der Waals surface area contributed by atoms with Crippen LogP contribution in [-0.2, 0) is 6.54 Å². The minimum Gasteiger partial charge on any atom is -0.456 e. The van der Waals surface area contributed by atoms with E-state index in [4.69, 9.17) is 4.42 Å². The van der Waals surface area contributed by atoms with Gasteiger partial charge in [-0.05, 0) is 49.4 Å². The van der Waals surface area contributed by atoms with Gasteiger partial charge in [0.2, 0.25) is 0 Å². The molecular formula is C21H16N4O2. The minimum atomic E-state index is -0.185. The predicted octanol–water partition coefficient (Wildman–Crippen LogP) is 4.60. The molecule has 0 radical (unpaired) electrons. The molecule has 1 N–H and O–H groups in total. The summed E-state index contributed by atoms with van der Waals surface area (Å²) >= 11 is 0. The number of amides is 1. The van der Waals surface area contributed by atoms with Crippen molar-refractivity contribution in [3.63, 3.8) is 0 Å². The lowest BCUT2D eigenvalue weighted by Gasteiger charge is -2.05. The first-order chi connectivity index (χ1) is 13.2. The van der Waals surface area contributed by atoms with E-state index in [1.165, 1.54) is 0 Å². The summed E-state index contributed by atoms with van der Waals surface area (Å²) in [4.78, 5) is 12.7. The number of carbonyl (C=O) groups excluding carboxylic acids is 1. The summed E-state index contributed by atoms with van der Waals surface area (Å²) in [6.45, 7) is 2.74. The van der Waals surface area contributed by atoms with Crippen LogP contribution in [0.4, 0.5) is 5.69 Å². The molecule has 27 heavy (non-hydrogen) atoms. The summed E-state index contributed by atoms with van der Waals surface area (Å²) in [6.07, 6.45) is 0. The number of furan rings is 1. The number of carbonyl (C=O) groups is 1. The van der Waals surface area contributed by atoms with Gasteiger partial charge in [-0.15, -0.1) is 5.10 Å². The van der Waals surface area contributed by atoms with Gasteiger partial charge in [0.15, 0.2) is 0 Å². The molecule has 1 amide bonds. The van der Waals surface area contributed by atoms with E-state index in [-0.39, 0.29) is 5.91 Å². The number of fused-ring (bicyclic) bond motifs is 4. The van der Waals surface area contributed by atoms with Gasteiger partial charge in [0, 0.05) is 28.6 Å². The average molecular weight is 356 g/mol. The fraction of sp³-hybridized carbons (Fsp3) is 0.0952. The summed E-state index contributed by atoms with van der Waals surface area (Å²) in [5.41, 5.74) is 4.52. The molecule has 0 fully saturated rings. The Balaban J connectivity index is 1.49. The standard InChI is InChI=1S/C21H16N4O2/c1-2-25-18-9-7-13(11-17(18)23-24-25)21(26)22-14-8-10-20-16(12-14)15-5-3-4-6-19(15)27-20/h3-12H,2H2,1H3,(H,22,26). The Kier molecular flexibility index (Phi) is 3.43. The lowest BCUT2D eigenvalue weighted by atomic mass is 10.1. The van der Waals surface area contributed by atoms with Gasteiger partial charge in [0.25, 0.3) is 5.91 Å². The molecule has 0 aliphatic heterocycles. The van der Waals surface area contributed by atoms with Crippen molar-refractivity contribution in [2.24, 2.45) is 0 Å². The van der Waals surface area contributed by atoms with Gasteiger partial charge >= 0.3 is 0 Å². The van der Waals surface area contributed by atoms with Gasteiger partial charge < -0.3 is 9.73 Å². The zero-order chi connectivity index (χ0) is 18.4. The van der Waals surface area contributed by atoms with Crippen LogP contribution in [-0.4, -0.2) is 20.9 Å². The highest BCUT2D eigenvalue weighted by Gasteiger charge is 2.12. The van der Waals surface area contributed by atoms with Crippen LogP contribution in [0.2, 0.25) is 0 Å². The second kappa shape index (κ2) is 5.95. The first-order valence-electron chi connectivity index (χ1n) is 8.79. The Morgan fingerprint density at radius 3 is 2.78 bits per heavy atom. The molecule has 2 heterocycles. The van der Waals surface area contributed by atoms with Crippen molar-refractivity contribution < 1.29 is 9.21 Å². The maximum atomic E-state index is 12.7. The molecule has 0 aliphatic carbocycles. The van der Waals surface area contributed by atoms with E-state index in [0.717, 1.165) is 39.7 Å². The van der Waals surface area contributed by atoms with Crippen LogP contribution in [0.3, 0.4) is 0 Å². The van der Waals surface area contributed by atoms with Crippen molar-refractivity contribution in [3.8, 4) is 0 Å². The smallest absolute Gasteiger partial charge is 0.255 e. The molecule has 0 unspecified atom stereocenters. The van der Waals surface area contributed by atoms with Crippen molar-refractivity contribution in [3.05, 3.63) is 66.2 Å². The van der Waals surface area contributed by atoms with E-state index in [1.807, 2.05) is 55.5 Å². The molecule has 6 nitrogen and oxygen atoms in total. The minimum absolute atomic E-state index is 0.185. The quantitative estimate of drug-likeness (QED) is 0.513. The summed E-state index contributed by atoms with van der Waals surface area (Å²) in [5, 5.41) is 13.2. The molecule has 0 aliphatic rings. The third kappa shape index (κ3) is 2.54. The molecule has 0 saturated heterocycles. The van der Waals surface area contributed by atoms with Crippen molar-refractivity contribution >= 4 is 44.6 Å². The topological polar surface area (TPSA) is 73.0 Å². The van der Waals surface area contributed by atoms with Crippen molar-refractivity contribution in [2.45, 2.75) is 13.5 Å². The normalized spacial score (nSPS) is 11.4. The molecular weight excluding hydrogens is 340 g/mol. The Labute approximate surface area is 154 Å². The van der Waals surface area contributed by atoms with Gasteiger partial charge in [0.05, 0.1) is 5.52 Å². The van der Waals surface area contributed by atoms with Crippen molar-refractivity contribution in [1.29, 1.82) is 0 Å². The van der Waals surface area contributed by atoms with Crippen LogP contribution in [0.25, 0.3) is 33.0 Å². The fourth-order valence-electron chi connectivity index (χ4n) is 3.35. The van der Waals surface area contributed by atoms with E-state index < -0.39 is 0 Å². The Morgan fingerprint density at radius 2 is 1.89 bits per heavy atom. The average Bonchev–Trinajstić information content (AvgIpc) is 3.28. The first kappa shape index (κ1) is 15.6. The molecule has 5 rings (SSSR count). The number of anilines is 1. The van der Waals surface area contributed by atoms with E-state index >= 15 is 0 Å². The second-order valence-corrected chi connectivity index (χ2v) is 6.37. The summed E-state index contributed by atoms with van der Waals surface area (Å²) < 4.78 is 7.63. The maximum absolute atomic E-state index is 12.7. The van der Waals surface area contributed by atoms with Gasteiger partial charge in [-0.25, -0.2) is 4.68 Å². The van der Waals surface area contributed by atoms with E-state index in [0.29, 0.717) is 11.1 Å². The van der Waals surface area contributed by atoms with Crippen molar-refractivity contribution in [1.82, 2.24) is 15.0 Å². The van der Waals surface area contributed by atoms with Crippen LogP contribution in [0.15, 0.2) is 65.1 Å². The van der Waals surface area contributed by atoms with Gasteiger partial charge in [-0.3, -0.25) is 4.79 Å². The van der Waals surface area contributed by atoms with Crippen LogP contribution < -0.4 is 5.32 Å². The predicted molar refractivity (Wildman–Crippen MR) is 105 cm³/mol. The number of nitrogens with zero attached hydrogens (tertiary/aromatic N) is 3. The Bertz CT molecular complexity index is 1320. The Hall–Kier alpha value is -3.67. The summed E-state index contributed by atoms with van der Waals surface area (Å²) in [6, 6.07) is 18.9. The molecule has 132 valence electrons. The zero-order valence-electron chi connectivity index (χ0n) is 14.6. The van der Waals surface area contributed by atoms with Crippen LogP contribution in [0.1, 0.15) is 17.3 Å². The molecule has 2 aromatic heterocycles. The summed E-state index contributed by atoms with van der Waals surface area (Å²) in [7, 11) is 0. The third-order valence-electron chi connectivity index (χ3n) is 4.71. The van der Waals surface area contributed by atoms with Crippen LogP contribution in [0.5, 0.6) is 0 Å². The molecule has 3 aromatic carbocycles. The van der Waals surface area contributed by atoms with E-state index in [9.17, 15) is 4.79 Å². The lowest BCUT2D eigenvalue weighted by Crippen LogP contribution is -2.11. The van der Waals surface area contributed by atoms with Gasteiger partial charge in [0.1, 0.15) is 16.7 Å². The maximum Gasteiger partial charge on any atom is 0.255 e. The molecule has 0 spiro atoms. The molecule has 0 saturated carbocycles. The molecule has 0 bridgehead atoms. The lowest BCUT2D eigenvalue weighted by molar-refractivity contribution is 0.102. The van der Waals surface area contributed by atoms with Gasteiger partial charge in [-0.1, -0.05) is 23.4 Å². The zero-order valence-corrected chi connectivity index (χ0v) is 14.6. The van der Waals surface area contributed by atoms with E-state index in [1.54, 1.807) is 16.8 Å². The number of aryl methyl sites for hydroxylation is 1. The number of nitrogens with one attached hydrogen (secondary N) is 1. The van der Waals surface area contributed by atoms with Crippen LogP contribution >= 0.6 is 0 Å². The number of hydrogen-bond donors (Lipinski definition) is 1. The number of aromatic nitrogens is 3.